The van der Waals surface area contributed by atoms with Crippen LogP contribution in [0, 0.1) is 5.82 Å². The summed E-state index contributed by atoms with van der Waals surface area (Å²) in [5.74, 6) is 0.751. The molecule has 8 heteroatoms. The van der Waals surface area contributed by atoms with E-state index < -0.39 is 9.84 Å². The van der Waals surface area contributed by atoms with E-state index in [-0.39, 0.29) is 16.6 Å². The Bertz CT molecular complexity index is 1350. The Hall–Kier alpha value is -2.29. The number of halogens is 1. The normalized spacial score (nSPS) is 26.0. The number of rotatable bonds is 4. The molecule has 3 aliphatic heterocycles. The first-order valence-electron chi connectivity index (χ1n) is 12.7. The Balaban J connectivity index is 1.22. The van der Waals surface area contributed by atoms with Crippen molar-refractivity contribution >= 4 is 20.9 Å². The fourth-order valence-electron chi connectivity index (χ4n) is 6.55. The molecule has 3 aromatic rings. The van der Waals surface area contributed by atoms with Crippen LogP contribution in [0.15, 0.2) is 41.3 Å². The molecule has 2 atom stereocenters. The van der Waals surface area contributed by atoms with E-state index in [0.717, 1.165) is 42.6 Å². The number of nitrogens with one attached hydrogen (secondary N) is 1. The number of hydrogen-bond acceptors (Lipinski definition) is 5. The number of aryl methyl sites for hydroxylation is 1. The van der Waals surface area contributed by atoms with Gasteiger partial charge in [0.25, 0.3) is 0 Å². The van der Waals surface area contributed by atoms with Crippen LogP contribution in [0.4, 0.5) is 4.39 Å². The molecule has 3 aliphatic rings. The molecule has 3 saturated heterocycles. The summed E-state index contributed by atoms with van der Waals surface area (Å²) in [6, 6.07) is 12.3. The average Bonchev–Trinajstić information content (AvgIpc) is 3.35. The van der Waals surface area contributed by atoms with Crippen molar-refractivity contribution < 1.29 is 12.8 Å². The number of piperidine rings is 2. The fraction of sp³-hybridized carbons (Fsp3) is 0.519. The van der Waals surface area contributed by atoms with Gasteiger partial charge in [-0.3, -0.25) is 0 Å². The molecule has 35 heavy (non-hydrogen) atoms. The molecule has 2 unspecified atom stereocenters. The van der Waals surface area contributed by atoms with E-state index in [1.165, 1.54) is 31.9 Å². The summed E-state index contributed by atoms with van der Waals surface area (Å²) in [5, 5.41) is 3.74. The first-order chi connectivity index (χ1) is 16.8. The molecule has 4 heterocycles. The van der Waals surface area contributed by atoms with E-state index in [9.17, 15) is 8.42 Å². The van der Waals surface area contributed by atoms with Crippen molar-refractivity contribution in [2.75, 3.05) is 19.3 Å². The van der Waals surface area contributed by atoms with E-state index in [4.69, 9.17) is 0 Å². The van der Waals surface area contributed by atoms with Gasteiger partial charge < -0.3 is 14.8 Å². The minimum atomic E-state index is -3.26. The minimum Gasteiger partial charge on any atom is -0.327 e. The highest BCUT2D eigenvalue weighted by atomic mass is 32.2. The van der Waals surface area contributed by atoms with Crippen LogP contribution in [0.3, 0.4) is 0 Å². The summed E-state index contributed by atoms with van der Waals surface area (Å²) in [7, 11) is -1.32. The Morgan fingerprint density at radius 3 is 2.29 bits per heavy atom. The minimum absolute atomic E-state index is 0.173. The van der Waals surface area contributed by atoms with Crippen molar-refractivity contribution in [1.29, 1.82) is 0 Å². The van der Waals surface area contributed by atoms with Crippen LogP contribution in [0.2, 0.25) is 0 Å². The smallest absolute Gasteiger partial charge is 0.175 e. The lowest BCUT2D eigenvalue weighted by molar-refractivity contribution is 0.110. The lowest BCUT2D eigenvalue weighted by Crippen LogP contribution is -2.50. The molecular formula is C27H33FN4O2S. The average molecular weight is 497 g/mol. The molecule has 0 spiro atoms. The maximum absolute atomic E-state index is 15.3. The standard InChI is InChI=1S/C27H33FN4O2S/c1-31-26-15-23(17-9-11-32(12-10-17)21-13-19-5-6-20(14-21)29-19)24(28)16-25(26)30-27(31)18-3-7-22(8-4-18)35(2,33)34/h3-4,7-8,15-17,19-21,29H,5-6,9-14H2,1-2H3. The Morgan fingerprint density at radius 1 is 1.00 bits per heavy atom. The summed E-state index contributed by atoms with van der Waals surface area (Å²) in [6.07, 6.45) is 8.31. The largest absolute Gasteiger partial charge is 0.327 e. The Kier molecular flexibility index (Phi) is 5.73. The molecule has 1 aromatic heterocycles. The number of nitrogens with zero attached hydrogens (tertiary/aromatic N) is 3. The second kappa shape index (κ2) is 8.68. The Labute approximate surface area is 206 Å². The number of sulfone groups is 1. The maximum atomic E-state index is 15.3. The van der Waals surface area contributed by atoms with Crippen LogP contribution in [-0.4, -0.2) is 60.3 Å². The van der Waals surface area contributed by atoms with Gasteiger partial charge in [-0.2, -0.15) is 0 Å². The van der Waals surface area contributed by atoms with E-state index >= 15 is 4.39 Å². The van der Waals surface area contributed by atoms with Gasteiger partial charge in [-0.15, -0.1) is 0 Å². The Morgan fingerprint density at radius 2 is 1.66 bits per heavy atom. The van der Waals surface area contributed by atoms with Crippen LogP contribution in [0.25, 0.3) is 22.4 Å². The number of aromatic nitrogens is 2. The van der Waals surface area contributed by atoms with Gasteiger partial charge in [0.2, 0.25) is 0 Å². The number of hydrogen-bond donors (Lipinski definition) is 1. The van der Waals surface area contributed by atoms with Crippen molar-refractivity contribution in [3.8, 4) is 11.4 Å². The van der Waals surface area contributed by atoms with Crippen LogP contribution in [0.1, 0.15) is 50.0 Å². The van der Waals surface area contributed by atoms with Crippen LogP contribution >= 0.6 is 0 Å². The monoisotopic (exact) mass is 496 g/mol. The third-order valence-electron chi connectivity index (χ3n) is 8.47. The zero-order chi connectivity index (χ0) is 24.3. The molecular weight excluding hydrogens is 463 g/mol. The molecule has 1 N–H and O–H groups in total. The highest BCUT2D eigenvalue weighted by Crippen LogP contribution is 2.37. The number of likely N-dealkylation sites (tertiary alicyclic amines) is 1. The van der Waals surface area contributed by atoms with Gasteiger partial charge in [-0.25, -0.2) is 17.8 Å². The third kappa shape index (κ3) is 4.30. The van der Waals surface area contributed by atoms with Gasteiger partial charge in [-0.05, 0) is 93.4 Å². The van der Waals surface area contributed by atoms with E-state index in [1.807, 2.05) is 17.7 Å². The van der Waals surface area contributed by atoms with Crippen LogP contribution < -0.4 is 5.32 Å². The SMILES string of the molecule is Cn1c(-c2ccc(S(C)(=O)=O)cc2)nc2cc(F)c(C3CCN(C4CC5CCC(C4)N5)CC3)cc21. The third-order valence-corrected chi connectivity index (χ3v) is 9.60. The number of fused-ring (bicyclic) bond motifs is 3. The summed E-state index contributed by atoms with van der Waals surface area (Å²) in [5.41, 5.74) is 3.13. The number of imidazole rings is 1. The zero-order valence-corrected chi connectivity index (χ0v) is 21.2. The van der Waals surface area contributed by atoms with Crippen molar-refractivity contribution in [2.45, 2.75) is 67.5 Å². The van der Waals surface area contributed by atoms with E-state index in [1.54, 1.807) is 30.3 Å². The van der Waals surface area contributed by atoms with E-state index in [0.29, 0.717) is 29.5 Å². The van der Waals surface area contributed by atoms with Crippen molar-refractivity contribution in [2.24, 2.45) is 7.05 Å². The second-order valence-corrected chi connectivity index (χ2v) is 12.7. The number of benzene rings is 2. The lowest BCUT2D eigenvalue weighted by atomic mass is 9.87. The second-order valence-electron chi connectivity index (χ2n) is 10.7. The van der Waals surface area contributed by atoms with Gasteiger partial charge in [0.05, 0.1) is 15.9 Å². The first kappa shape index (κ1) is 23.1. The molecule has 0 amide bonds. The van der Waals surface area contributed by atoms with Gasteiger partial charge in [0.15, 0.2) is 9.84 Å². The zero-order valence-electron chi connectivity index (χ0n) is 20.4. The predicted octanol–water partition coefficient (Wildman–Crippen LogP) is 4.25. The van der Waals surface area contributed by atoms with Gasteiger partial charge in [0.1, 0.15) is 11.6 Å². The quantitative estimate of drug-likeness (QED) is 0.585. The highest BCUT2D eigenvalue weighted by Gasteiger charge is 2.37. The maximum Gasteiger partial charge on any atom is 0.175 e. The molecule has 2 bridgehead atoms. The summed E-state index contributed by atoms with van der Waals surface area (Å²) < 4.78 is 40.8. The molecule has 6 nitrogen and oxygen atoms in total. The first-order valence-corrected chi connectivity index (χ1v) is 14.6. The molecule has 6 rings (SSSR count). The van der Waals surface area contributed by atoms with Crippen molar-refractivity contribution in [3.63, 3.8) is 0 Å². The molecule has 2 aromatic carbocycles. The van der Waals surface area contributed by atoms with Gasteiger partial charge >= 0.3 is 0 Å². The lowest BCUT2D eigenvalue weighted by Gasteiger charge is -2.41. The van der Waals surface area contributed by atoms with E-state index in [2.05, 4.69) is 15.2 Å². The fourth-order valence-corrected chi connectivity index (χ4v) is 7.18. The highest BCUT2D eigenvalue weighted by molar-refractivity contribution is 7.90. The van der Waals surface area contributed by atoms with Crippen molar-refractivity contribution in [3.05, 3.63) is 47.8 Å². The van der Waals surface area contributed by atoms with Gasteiger partial charge in [-0.1, -0.05) is 0 Å². The topological polar surface area (TPSA) is 67.2 Å². The molecule has 0 saturated carbocycles. The molecule has 186 valence electrons. The molecule has 0 aliphatic carbocycles. The van der Waals surface area contributed by atoms with Crippen LogP contribution in [-0.2, 0) is 16.9 Å². The molecule has 0 radical (unpaired) electrons. The summed E-state index contributed by atoms with van der Waals surface area (Å²) in [6.45, 7) is 2.07. The molecule has 3 fully saturated rings. The van der Waals surface area contributed by atoms with Crippen LogP contribution in [0.5, 0.6) is 0 Å². The van der Waals surface area contributed by atoms with Crippen molar-refractivity contribution in [1.82, 2.24) is 19.8 Å². The predicted molar refractivity (Wildman–Crippen MR) is 136 cm³/mol. The summed E-state index contributed by atoms with van der Waals surface area (Å²) >= 11 is 0. The van der Waals surface area contributed by atoms with Gasteiger partial charge in [0, 0.05) is 43.1 Å². The summed E-state index contributed by atoms with van der Waals surface area (Å²) in [4.78, 5) is 7.60.